The van der Waals surface area contributed by atoms with Crippen molar-refractivity contribution in [1.29, 1.82) is 0 Å². The summed E-state index contributed by atoms with van der Waals surface area (Å²) in [4.78, 5) is 20.2. The third kappa shape index (κ3) is 3.68. The van der Waals surface area contributed by atoms with E-state index >= 15 is 0 Å². The molecule has 0 unspecified atom stereocenters. The number of thiazole rings is 1. The zero-order valence-electron chi connectivity index (χ0n) is 14.3. The van der Waals surface area contributed by atoms with Crippen LogP contribution in [0.25, 0.3) is 10.8 Å². The highest BCUT2D eigenvalue weighted by atomic mass is 32.1. The van der Waals surface area contributed by atoms with Gasteiger partial charge in [0, 0.05) is 30.1 Å². The van der Waals surface area contributed by atoms with Gasteiger partial charge in [-0.05, 0) is 32.9 Å². The van der Waals surface area contributed by atoms with E-state index in [1.54, 1.807) is 6.26 Å². The third-order valence-corrected chi connectivity index (χ3v) is 5.28. The maximum Gasteiger partial charge on any atom is 0.271 e. The molecule has 130 valence electrons. The number of furan rings is 1. The second-order valence-corrected chi connectivity index (χ2v) is 7.70. The number of ether oxygens (including phenoxy) is 1. The maximum atomic E-state index is 12.5. The first kappa shape index (κ1) is 17.1. The van der Waals surface area contributed by atoms with Crippen molar-refractivity contribution in [1.82, 2.24) is 15.2 Å². The average Bonchev–Trinajstić information content (AvgIpc) is 3.23. The summed E-state index contributed by atoms with van der Waals surface area (Å²) in [5.74, 6) is 0.554. The second kappa shape index (κ2) is 7.04. The van der Waals surface area contributed by atoms with Crippen LogP contribution in [0.15, 0.2) is 22.8 Å². The summed E-state index contributed by atoms with van der Waals surface area (Å²) < 4.78 is 10.8. The lowest BCUT2D eigenvalue weighted by atomic mass is 10.0. The Kier molecular flexibility index (Phi) is 5.03. The van der Waals surface area contributed by atoms with E-state index in [-0.39, 0.29) is 11.4 Å². The lowest BCUT2D eigenvalue weighted by Gasteiger charge is -2.40. The zero-order chi connectivity index (χ0) is 17.2. The molecule has 1 aliphatic heterocycles. The van der Waals surface area contributed by atoms with Crippen LogP contribution in [-0.2, 0) is 4.74 Å². The number of aryl methyl sites for hydroxylation is 1. The number of hydrogen-bond acceptors (Lipinski definition) is 6. The zero-order valence-corrected chi connectivity index (χ0v) is 15.1. The number of amides is 1. The Balaban J connectivity index is 1.64. The smallest absolute Gasteiger partial charge is 0.271 e. The summed E-state index contributed by atoms with van der Waals surface area (Å²) >= 11 is 1.47. The monoisotopic (exact) mass is 349 g/mol. The molecule has 0 aliphatic carbocycles. The van der Waals surface area contributed by atoms with Gasteiger partial charge in [0.1, 0.15) is 5.69 Å². The number of morpholine rings is 1. The fraction of sp³-hybridized carbons (Fsp3) is 0.529. The van der Waals surface area contributed by atoms with E-state index in [1.807, 2.05) is 19.1 Å². The molecule has 0 aromatic carbocycles. The number of hydrogen-bond donors (Lipinski definition) is 1. The van der Waals surface area contributed by atoms with Gasteiger partial charge >= 0.3 is 0 Å². The van der Waals surface area contributed by atoms with Gasteiger partial charge in [0.2, 0.25) is 0 Å². The molecular weight excluding hydrogens is 326 g/mol. The standard InChI is InChI=1S/C17H23N3O3S/c1-12-14(19-16(24-12)13-5-4-8-23-13)15(21)18-11-17(2,3)20-6-9-22-10-7-20/h4-5,8H,6-7,9-11H2,1-3H3,(H,18,21). The van der Waals surface area contributed by atoms with Gasteiger partial charge in [0.25, 0.3) is 5.91 Å². The highest BCUT2D eigenvalue weighted by Crippen LogP contribution is 2.28. The fourth-order valence-corrected chi connectivity index (χ4v) is 3.65. The third-order valence-electron chi connectivity index (χ3n) is 4.29. The molecule has 1 fully saturated rings. The molecule has 0 atom stereocenters. The minimum atomic E-state index is -0.136. The van der Waals surface area contributed by atoms with Crippen molar-refractivity contribution in [2.24, 2.45) is 0 Å². The van der Waals surface area contributed by atoms with Gasteiger partial charge in [-0.25, -0.2) is 4.98 Å². The quantitative estimate of drug-likeness (QED) is 0.898. The summed E-state index contributed by atoms with van der Waals surface area (Å²) in [6.45, 7) is 10.0. The molecule has 6 nitrogen and oxygen atoms in total. The molecule has 1 amide bonds. The Labute approximate surface area is 145 Å². The molecule has 3 rings (SSSR count). The Morgan fingerprint density at radius 2 is 2.17 bits per heavy atom. The molecule has 7 heteroatoms. The molecule has 1 aliphatic rings. The Hall–Kier alpha value is -1.70. The number of nitrogens with zero attached hydrogens (tertiary/aromatic N) is 2. The van der Waals surface area contributed by atoms with Crippen LogP contribution in [0.2, 0.25) is 0 Å². The molecule has 0 saturated carbocycles. The largest absolute Gasteiger partial charge is 0.462 e. The van der Waals surface area contributed by atoms with E-state index in [0.717, 1.165) is 36.2 Å². The lowest BCUT2D eigenvalue weighted by Crippen LogP contribution is -2.55. The molecule has 0 bridgehead atoms. The van der Waals surface area contributed by atoms with Crippen molar-refractivity contribution in [2.45, 2.75) is 26.3 Å². The van der Waals surface area contributed by atoms with Gasteiger partial charge in [-0.3, -0.25) is 9.69 Å². The predicted molar refractivity (Wildman–Crippen MR) is 93.4 cm³/mol. The SMILES string of the molecule is Cc1sc(-c2ccco2)nc1C(=O)NCC(C)(C)N1CCOCC1. The van der Waals surface area contributed by atoms with Gasteiger partial charge in [0.15, 0.2) is 10.8 Å². The Morgan fingerprint density at radius 1 is 1.42 bits per heavy atom. The van der Waals surface area contributed by atoms with Crippen LogP contribution in [0.3, 0.4) is 0 Å². The maximum absolute atomic E-state index is 12.5. The van der Waals surface area contributed by atoms with E-state index in [1.165, 1.54) is 11.3 Å². The van der Waals surface area contributed by atoms with Crippen molar-refractivity contribution in [2.75, 3.05) is 32.8 Å². The van der Waals surface area contributed by atoms with Crippen LogP contribution >= 0.6 is 11.3 Å². The molecule has 0 radical (unpaired) electrons. The second-order valence-electron chi connectivity index (χ2n) is 6.50. The molecule has 0 spiro atoms. The summed E-state index contributed by atoms with van der Waals surface area (Å²) in [6.07, 6.45) is 1.61. The van der Waals surface area contributed by atoms with Crippen molar-refractivity contribution in [3.05, 3.63) is 29.0 Å². The van der Waals surface area contributed by atoms with Crippen LogP contribution in [0.5, 0.6) is 0 Å². The normalized spacial score (nSPS) is 16.3. The van der Waals surface area contributed by atoms with Gasteiger partial charge in [-0.1, -0.05) is 0 Å². The molecule has 2 aromatic heterocycles. The summed E-state index contributed by atoms with van der Waals surface area (Å²) in [6, 6.07) is 3.66. The number of rotatable bonds is 5. The molecule has 24 heavy (non-hydrogen) atoms. The summed E-state index contributed by atoms with van der Waals surface area (Å²) in [5, 5.41) is 3.76. The molecule has 1 N–H and O–H groups in total. The average molecular weight is 349 g/mol. The van der Waals surface area contributed by atoms with Crippen LogP contribution in [-0.4, -0.2) is 54.2 Å². The van der Waals surface area contributed by atoms with E-state index in [2.05, 4.69) is 29.0 Å². The first-order chi connectivity index (χ1) is 11.5. The molecular formula is C17H23N3O3S. The lowest BCUT2D eigenvalue weighted by molar-refractivity contribution is -0.00924. The van der Waals surface area contributed by atoms with Crippen LogP contribution in [0.4, 0.5) is 0 Å². The van der Waals surface area contributed by atoms with E-state index in [9.17, 15) is 4.79 Å². The Morgan fingerprint density at radius 3 is 2.83 bits per heavy atom. The van der Waals surface area contributed by atoms with E-state index < -0.39 is 0 Å². The van der Waals surface area contributed by atoms with Crippen LogP contribution in [0.1, 0.15) is 29.2 Å². The number of aromatic nitrogens is 1. The van der Waals surface area contributed by atoms with E-state index in [4.69, 9.17) is 9.15 Å². The highest BCUT2D eigenvalue weighted by molar-refractivity contribution is 7.15. The molecule has 3 heterocycles. The minimum absolute atomic E-state index is 0.118. The highest BCUT2D eigenvalue weighted by Gasteiger charge is 2.29. The minimum Gasteiger partial charge on any atom is -0.462 e. The van der Waals surface area contributed by atoms with Gasteiger partial charge in [-0.15, -0.1) is 11.3 Å². The number of nitrogens with one attached hydrogen (secondary N) is 1. The van der Waals surface area contributed by atoms with Gasteiger partial charge < -0.3 is 14.5 Å². The topological polar surface area (TPSA) is 67.6 Å². The first-order valence-electron chi connectivity index (χ1n) is 8.10. The Bertz CT molecular complexity index is 688. The van der Waals surface area contributed by atoms with Crippen molar-refractivity contribution >= 4 is 17.2 Å². The summed E-state index contributed by atoms with van der Waals surface area (Å²) in [7, 11) is 0. The van der Waals surface area contributed by atoms with Gasteiger partial charge in [-0.2, -0.15) is 0 Å². The summed E-state index contributed by atoms with van der Waals surface area (Å²) in [5.41, 5.74) is 0.358. The number of carbonyl (C=O) groups is 1. The predicted octanol–water partition coefficient (Wildman–Crippen LogP) is 2.55. The van der Waals surface area contributed by atoms with E-state index in [0.29, 0.717) is 18.0 Å². The fourth-order valence-electron chi connectivity index (χ4n) is 2.77. The van der Waals surface area contributed by atoms with Crippen LogP contribution < -0.4 is 5.32 Å². The molecule has 2 aromatic rings. The van der Waals surface area contributed by atoms with Crippen molar-refractivity contribution in [3.8, 4) is 10.8 Å². The van der Waals surface area contributed by atoms with Gasteiger partial charge in [0.05, 0.1) is 19.5 Å². The van der Waals surface area contributed by atoms with Crippen molar-refractivity contribution in [3.63, 3.8) is 0 Å². The first-order valence-corrected chi connectivity index (χ1v) is 8.91. The van der Waals surface area contributed by atoms with Crippen LogP contribution in [0, 0.1) is 6.92 Å². The number of carbonyl (C=O) groups excluding carboxylic acids is 1. The van der Waals surface area contributed by atoms with Crippen molar-refractivity contribution < 1.29 is 13.9 Å². The molecule has 1 saturated heterocycles.